The maximum absolute atomic E-state index is 6.45. The van der Waals surface area contributed by atoms with Crippen LogP contribution >= 0.6 is 11.6 Å². The van der Waals surface area contributed by atoms with Crippen LogP contribution in [0.3, 0.4) is 0 Å². The lowest BCUT2D eigenvalue weighted by Gasteiger charge is -2.32. The van der Waals surface area contributed by atoms with Crippen LogP contribution in [0.1, 0.15) is 58.3 Å². The van der Waals surface area contributed by atoms with Gasteiger partial charge in [0.25, 0.3) is 0 Å². The van der Waals surface area contributed by atoms with Crippen molar-refractivity contribution in [2.45, 2.75) is 72.5 Å². The van der Waals surface area contributed by atoms with E-state index in [0.29, 0.717) is 6.04 Å². The number of nitrogens with zero attached hydrogens (tertiary/aromatic N) is 2. The standard InChI is InChI=1S/C16H28ClN3/c1-5-14-16(17)15(20(6-2)19-14)10-18-13-8-7-11(3)12(4)9-13/h11-13,18H,5-10H2,1-4H3. The maximum Gasteiger partial charge on any atom is 0.0863 e. The van der Waals surface area contributed by atoms with Gasteiger partial charge in [-0.15, -0.1) is 0 Å². The van der Waals surface area contributed by atoms with E-state index in [2.05, 4.69) is 38.1 Å². The molecular formula is C16H28ClN3. The highest BCUT2D eigenvalue weighted by Gasteiger charge is 2.24. The highest BCUT2D eigenvalue weighted by molar-refractivity contribution is 6.31. The summed E-state index contributed by atoms with van der Waals surface area (Å²) in [6, 6.07) is 0.627. The molecule has 1 aliphatic rings. The predicted octanol–water partition coefficient (Wildman–Crippen LogP) is 4.03. The molecule has 0 saturated heterocycles. The molecule has 0 amide bonds. The smallest absolute Gasteiger partial charge is 0.0863 e. The second kappa shape index (κ2) is 6.95. The SMILES string of the molecule is CCc1nn(CC)c(CNC2CCC(C)C(C)C2)c1Cl. The quantitative estimate of drug-likeness (QED) is 0.889. The van der Waals surface area contributed by atoms with Crippen molar-refractivity contribution in [3.8, 4) is 0 Å². The molecule has 4 heteroatoms. The van der Waals surface area contributed by atoms with Gasteiger partial charge in [0, 0.05) is 19.1 Å². The summed E-state index contributed by atoms with van der Waals surface area (Å²) >= 11 is 6.45. The first-order valence-corrected chi connectivity index (χ1v) is 8.41. The van der Waals surface area contributed by atoms with E-state index in [0.717, 1.165) is 47.8 Å². The molecule has 3 atom stereocenters. The molecule has 1 heterocycles. The Morgan fingerprint density at radius 1 is 1.25 bits per heavy atom. The number of hydrogen-bond donors (Lipinski definition) is 1. The molecule has 1 aliphatic carbocycles. The van der Waals surface area contributed by atoms with E-state index in [1.54, 1.807) is 0 Å². The van der Waals surface area contributed by atoms with Gasteiger partial charge >= 0.3 is 0 Å². The maximum atomic E-state index is 6.45. The van der Waals surface area contributed by atoms with E-state index in [4.69, 9.17) is 11.6 Å². The zero-order chi connectivity index (χ0) is 14.7. The molecule has 0 aromatic carbocycles. The van der Waals surface area contributed by atoms with Gasteiger partial charge in [0.05, 0.1) is 16.4 Å². The zero-order valence-corrected chi connectivity index (χ0v) is 14.0. The monoisotopic (exact) mass is 297 g/mol. The summed E-state index contributed by atoms with van der Waals surface area (Å²) in [7, 11) is 0. The summed E-state index contributed by atoms with van der Waals surface area (Å²) in [4.78, 5) is 0. The Balaban J connectivity index is 1.98. The summed E-state index contributed by atoms with van der Waals surface area (Å²) in [5, 5.41) is 9.14. The van der Waals surface area contributed by atoms with E-state index < -0.39 is 0 Å². The van der Waals surface area contributed by atoms with Crippen LogP contribution in [0.25, 0.3) is 0 Å². The van der Waals surface area contributed by atoms with Crippen molar-refractivity contribution >= 4 is 11.6 Å². The molecule has 2 rings (SSSR count). The normalized spacial score (nSPS) is 26.9. The van der Waals surface area contributed by atoms with E-state index in [1.807, 2.05) is 4.68 Å². The number of rotatable bonds is 5. The summed E-state index contributed by atoms with van der Waals surface area (Å²) in [6.45, 7) is 10.7. The molecule has 0 radical (unpaired) electrons. The summed E-state index contributed by atoms with van der Waals surface area (Å²) in [6.07, 6.45) is 4.79. The molecule has 3 unspecified atom stereocenters. The molecule has 1 saturated carbocycles. The van der Waals surface area contributed by atoms with Crippen molar-refractivity contribution in [1.82, 2.24) is 15.1 Å². The van der Waals surface area contributed by atoms with Gasteiger partial charge in [-0.05, 0) is 44.4 Å². The first-order chi connectivity index (χ1) is 9.56. The van der Waals surface area contributed by atoms with Crippen molar-refractivity contribution in [1.29, 1.82) is 0 Å². The van der Waals surface area contributed by atoms with Crippen LogP contribution in [0.5, 0.6) is 0 Å². The second-order valence-corrected chi connectivity index (χ2v) is 6.60. The Morgan fingerprint density at radius 3 is 2.60 bits per heavy atom. The fraction of sp³-hybridized carbons (Fsp3) is 0.812. The lowest BCUT2D eigenvalue weighted by molar-refractivity contribution is 0.224. The van der Waals surface area contributed by atoms with Crippen molar-refractivity contribution in [3.05, 3.63) is 16.4 Å². The topological polar surface area (TPSA) is 29.9 Å². The number of nitrogens with one attached hydrogen (secondary N) is 1. The Bertz CT molecular complexity index is 441. The second-order valence-electron chi connectivity index (χ2n) is 6.22. The van der Waals surface area contributed by atoms with Gasteiger partial charge in [-0.25, -0.2) is 0 Å². The molecule has 0 bridgehead atoms. The third-order valence-corrected chi connectivity index (χ3v) is 5.29. The molecule has 3 nitrogen and oxygen atoms in total. The highest BCUT2D eigenvalue weighted by atomic mass is 35.5. The number of halogens is 1. The third kappa shape index (κ3) is 3.37. The summed E-state index contributed by atoms with van der Waals surface area (Å²) in [5.41, 5.74) is 2.17. The van der Waals surface area contributed by atoms with Crippen molar-refractivity contribution in [3.63, 3.8) is 0 Å². The van der Waals surface area contributed by atoms with Gasteiger partial charge < -0.3 is 5.32 Å². The van der Waals surface area contributed by atoms with E-state index >= 15 is 0 Å². The van der Waals surface area contributed by atoms with Gasteiger partial charge in [-0.3, -0.25) is 4.68 Å². The van der Waals surface area contributed by atoms with E-state index in [9.17, 15) is 0 Å². The first-order valence-electron chi connectivity index (χ1n) is 8.04. The molecule has 0 spiro atoms. The minimum Gasteiger partial charge on any atom is -0.308 e. The minimum absolute atomic E-state index is 0.627. The molecule has 114 valence electrons. The highest BCUT2D eigenvalue weighted by Crippen LogP contribution is 2.30. The Morgan fingerprint density at radius 2 is 2.00 bits per heavy atom. The fourth-order valence-electron chi connectivity index (χ4n) is 3.16. The summed E-state index contributed by atoms with van der Waals surface area (Å²) in [5.74, 6) is 1.68. The molecule has 1 N–H and O–H groups in total. The predicted molar refractivity (Wildman–Crippen MR) is 85.1 cm³/mol. The lowest BCUT2D eigenvalue weighted by atomic mass is 9.79. The van der Waals surface area contributed by atoms with Crippen molar-refractivity contribution in [2.75, 3.05) is 0 Å². The molecule has 1 fully saturated rings. The van der Waals surface area contributed by atoms with Crippen LogP contribution in [-0.2, 0) is 19.5 Å². The van der Waals surface area contributed by atoms with E-state index in [-0.39, 0.29) is 0 Å². The van der Waals surface area contributed by atoms with Crippen LogP contribution < -0.4 is 5.32 Å². The number of aryl methyl sites for hydroxylation is 2. The largest absolute Gasteiger partial charge is 0.308 e. The Hall–Kier alpha value is -0.540. The van der Waals surface area contributed by atoms with Crippen molar-refractivity contribution in [2.24, 2.45) is 11.8 Å². The first kappa shape index (κ1) is 15.8. The van der Waals surface area contributed by atoms with Gasteiger partial charge in [0.15, 0.2) is 0 Å². The van der Waals surface area contributed by atoms with Crippen LogP contribution in [0.15, 0.2) is 0 Å². The molecule has 0 aliphatic heterocycles. The zero-order valence-electron chi connectivity index (χ0n) is 13.2. The molecule has 20 heavy (non-hydrogen) atoms. The third-order valence-electron chi connectivity index (χ3n) is 4.85. The van der Waals surface area contributed by atoms with Crippen LogP contribution in [0.4, 0.5) is 0 Å². The summed E-state index contributed by atoms with van der Waals surface area (Å²) < 4.78 is 2.04. The minimum atomic E-state index is 0.627. The van der Waals surface area contributed by atoms with Gasteiger partial charge in [-0.1, -0.05) is 32.4 Å². The van der Waals surface area contributed by atoms with Gasteiger partial charge in [0.2, 0.25) is 0 Å². The average molecular weight is 298 g/mol. The van der Waals surface area contributed by atoms with Gasteiger partial charge in [-0.2, -0.15) is 5.10 Å². The number of aromatic nitrogens is 2. The lowest BCUT2D eigenvalue weighted by Crippen LogP contribution is -2.36. The fourth-order valence-corrected chi connectivity index (χ4v) is 3.50. The average Bonchev–Trinajstić information content (AvgIpc) is 2.76. The Labute approximate surface area is 128 Å². The Kier molecular flexibility index (Phi) is 5.50. The molecule has 1 aromatic rings. The van der Waals surface area contributed by atoms with Crippen molar-refractivity contribution < 1.29 is 0 Å². The van der Waals surface area contributed by atoms with Crippen LogP contribution in [0.2, 0.25) is 5.02 Å². The van der Waals surface area contributed by atoms with E-state index in [1.165, 1.54) is 19.3 Å². The van der Waals surface area contributed by atoms with Gasteiger partial charge in [0.1, 0.15) is 0 Å². The van der Waals surface area contributed by atoms with Crippen LogP contribution in [-0.4, -0.2) is 15.8 Å². The molecule has 1 aromatic heterocycles. The number of hydrogen-bond acceptors (Lipinski definition) is 2. The van der Waals surface area contributed by atoms with Crippen LogP contribution in [0, 0.1) is 11.8 Å². The molecular weight excluding hydrogens is 270 g/mol.